The summed E-state index contributed by atoms with van der Waals surface area (Å²) in [4.78, 5) is 0. The molecular weight excluding hydrogens is 216 g/mol. The van der Waals surface area contributed by atoms with Crippen molar-refractivity contribution < 1.29 is 18.6 Å². The van der Waals surface area contributed by atoms with Gasteiger partial charge >= 0.3 is 0 Å². The molecule has 1 aromatic rings. The molecule has 1 aliphatic rings. The van der Waals surface area contributed by atoms with Crippen LogP contribution in [0.15, 0.2) is 6.07 Å². The largest absolute Gasteiger partial charge is 0.505 e. The van der Waals surface area contributed by atoms with Crippen molar-refractivity contribution >= 4 is 0 Å². The maximum Gasteiger partial charge on any atom is 0.168 e. The van der Waals surface area contributed by atoms with Crippen molar-refractivity contribution in [2.75, 3.05) is 13.7 Å². The first-order valence-electron chi connectivity index (χ1n) is 5.01. The third kappa shape index (κ3) is 1.43. The molecular formula is C11H13F2NO2. The van der Waals surface area contributed by atoms with Crippen LogP contribution >= 0.6 is 0 Å². The molecule has 3 nitrogen and oxygen atoms in total. The minimum Gasteiger partial charge on any atom is -0.505 e. The second-order valence-corrected chi connectivity index (χ2v) is 4.08. The number of phenols is 1. The highest BCUT2D eigenvalue weighted by Crippen LogP contribution is 2.54. The van der Waals surface area contributed by atoms with Crippen molar-refractivity contribution in [3.63, 3.8) is 0 Å². The highest BCUT2D eigenvalue weighted by atomic mass is 19.1. The molecule has 16 heavy (non-hydrogen) atoms. The van der Waals surface area contributed by atoms with Gasteiger partial charge in [-0.25, -0.2) is 8.78 Å². The monoisotopic (exact) mass is 229 g/mol. The number of hydrogen-bond acceptors (Lipinski definition) is 3. The van der Waals surface area contributed by atoms with Gasteiger partial charge in [0.1, 0.15) is 0 Å². The lowest BCUT2D eigenvalue weighted by atomic mass is 9.93. The summed E-state index contributed by atoms with van der Waals surface area (Å²) in [6, 6.07) is 0.615. The van der Waals surface area contributed by atoms with Gasteiger partial charge < -0.3 is 15.6 Å². The van der Waals surface area contributed by atoms with Crippen LogP contribution in [-0.2, 0) is 5.41 Å². The van der Waals surface area contributed by atoms with E-state index < -0.39 is 22.8 Å². The van der Waals surface area contributed by atoms with E-state index in [0.29, 0.717) is 18.9 Å². The van der Waals surface area contributed by atoms with Crippen LogP contribution in [0.25, 0.3) is 0 Å². The van der Waals surface area contributed by atoms with Gasteiger partial charge in [-0.2, -0.15) is 0 Å². The van der Waals surface area contributed by atoms with E-state index in [2.05, 4.69) is 0 Å². The average molecular weight is 229 g/mol. The fraction of sp³-hybridized carbons (Fsp3) is 0.455. The van der Waals surface area contributed by atoms with E-state index in [4.69, 9.17) is 10.5 Å². The van der Waals surface area contributed by atoms with Crippen LogP contribution in [0.1, 0.15) is 18.4 Å². The zero-order valence-electron chi connectivity index (χ0n) is 8.89. The Labute approximate surface area is 91.8 Å². The predicted molar refractivity (Wildman–Crippen MR) is 54.5 cm³/mol. The fourth-order valence-corrected chi connectivity index (χ4v) is 1.99. The summed E-state index contributed by atoms with van der Waals surface area (Å²) in [7, 11) is 1.28. The van der Waals surface area contributed by atoms with Crippen molar-refractivity contribution in [3.05, 3.63) is 23.3 Å². The number of halogens is 2. The number of hydrogen-bond donors (Lipinski definition) is 2. The lowest BCUT2D eigenvalue weighted by molar-refractivity contribution is 0.354. The molecule has 0 atom stereocenters. The van der Waals surface area contributed by atoms with Gasteiger partial charge in [0.05, 0.1) is 7.11 Å². The molecule has 88 valence electrons. The molecule has 1 aromatic carbocycles. The van der Waals surface area contributed by atoms with Crippen LogP contribution in [0, 0.1) is 11.6 Å². The maximum absolute atomic E-state index is 13.5. The van der Waals surface area contributed by atoms with Gasteiger partial charge in [-0.05, 0) is 12.8 Å². The second-order valence-electron chi connectivity index (χ2n) is 4.08. The molecule has 0 radical (unpaired) electrons. The summed E-state index contributed by atoms with van der Waals surface area (Å²) in [6.45, 7) is 0.236. The lowest BCUT2D eigenvalue weighted by Gasteiger charge is -2.19. The minimum absolute atomic E-state index is 0.109. The van der Waals surface area contributed by atoms with Crippen molar-refractivity contribution in [3.8, 4) is 11.5 Å². The fourth-order valence-electron chi connectivity index (χ4n) is 1.99. The summed E-state index contributed by atoms with van der Waals surface area (Å²) in [5, 5.41) is 9.66. The number of methoxy groups -OCH3 is 1. The van der Waals surface area contributed by atoms with Gasteiger partial charge in [0.25, 0.3) is 0 Å². The topological polar surface area (TPSA) is 55.5 Å². The number of phenolic OH excluding ortho intramolecular Hbond substituents is 1. The Bertz CT molecular complexity index is 430. The molecule has 0 spiro atoms. The first-order chi connectivity index (χ1) is 7.55. The van der Waals surface area contributed by atoms with Gasteiger partial charge in [0.2, 0.25) is 0 Å². The summed E-state index contributed by atoms with van der Waals surface area (Å²) < 4.78 is 31.6. The normalized spacial score (nSPS) is 17.2. The van der Waals surface area contributed by atoms with E-state index in [1.54, 1.807) is 0 Å². The third-order valence-corrected chi connectivity index (χ3v) is 3.14. The average Bonchev–Trinajstić information content (AvgIpc) is 3.03. The Morgan fingerprint density at radius 3 is 2.50 bits per heavy atom. The van der Waals surface area contributed by atoms with E-state index in [0.717, 1.165) is 0 Å². The number of nitrogens with two attached hydrogens (primary N) is 1. The second kappa shape index (κ2) is 3.59. The Kier molecular flexibility index (Phi) is 2.50. The SMILES string of the molecule is COc1c(F)cc(F)c(O)c1C1(CN)CC1. The minimum atomic E-state index is -0.979. The Morgan fingerprint density at radius 2 is 2.06 bits per heavy atom. The van der Waals surface area contributed by atoms with Crippen molar-refractivity contribution in [2.45, 2.75) is 18.3 Å². The van der Waals surface area contributed by atoms with Gasteiger partial charge in [0.15, 0.2) is 23.1 Å². The molecule has 0 unspecified atom stereocenters. The molecule has 1 fully saturated rings. The standard InChI is InChI=1S/C11H13F2NO2/c1-16-10-7(13)4-6(12)9(15)8(10)11(5-14)2-3-11/h4,15H,2-3,5,14H2,1H3. The summed E-state index contributed by atoms with van der Waals surface area (Å²) in [6.07, 6.45) is 1.41. The molecule has 0 aromatic heterocycles. The van der Waals surface area contributed by atoms with Crippen molar-refractivity contribution in [1.82, 2.24) is 0 Å². The van der Waals surface area contributed by atoms with E-state index in [1.807, 2.05) is 0 Å². The van der Waals surface area contributed by atoms with Crippen LogP contribution in [0.3, 0.4) is 0 Å². The van der Waals surface area contributed by atoms with Gasteiger partial charge in [0, 0.05) is 23.6 Å². The van der Waals surface area contributed by atoms with E-state index >= 15 is 0 Å². The highest BCUT2D eigenvalue weighted by molar-refractivity contribution is 5.53. The highest BCUT2D eigenvalue weighted by Gasteiger charge is 2.48. The first-order valence-corrected chi connectivity index (χ1v) is 5.01. The molecule has 3 N–H and O–H groups in total. The third-order valence-electron chi connectivity index (χ3n) is 3.14. The molecule has 0 aliphatic heterocycles. The zero-order valence-corrected chi connectivity index (χ0v) is 8.89. The maximum atomic E-state index is 13.5. The Hall–Kier alpha value is -1.36. The van der Waals surface area contributed by atoms with Crippen LogP contribution in [-0.4, -0.2) is 18.8 Å². The number of rotatable bonds is 3. The van der Waals surface area contributed by atoms with E-state index in [1.165, 1.54) is 7.11 Å². The number of aromatic hydroxyl groups is 1. The van der Waals surface area contributed by atoms with E-state index in [-0.39, 0.29) is 17.9 Å². The van der Waals surface area contributed by atoms with Gasteiger partial charge in [-0.15, -0.1) is 0 Å². The molecule has 0 saturated heterocycles. The summed E-state index contributed by atoms with van der Waals surface area (Å²) in [5.74, 6) is -2.45. The Balaban J connectivity index is 2.66. The number of benzene rings is 1. The lowest BCUT2D eigenvalue weighted by Crippen LogP contribution is -2.21. The van der Waals surface area contributed by atoms with Crippen molar-refractivity contribution in [2.24, 2.45) is 5.73 Å². The van der Waals surface area contributed by atoms with Gasteiger partial charge in [-0.3, -0.25) is 0 Å². The quantitative estimate of drug-likeness (QED) is 0.828. The van der Waals surface area contributed by atoms with Gasteiger partial charge in [-0.1, -0.05) is 0 Å². The zero-order chi connectivity index (χ0) is 11.9. The molecule has 0 amide bonds. The van der Waals surface area contributed by atoms with Crippen molar-refractivity contribution in [1.29, 1.82) is 0 Å². The Morgan fingerprint density at radius 1 is 1.44 bits per heavy atom. The van der Waals surface area contributed by atoms with E-state index in [9.17, 15) is 13.9 Å². The molecule has 2 rings (SSSR count). The van der Waals surface area contributed by atoms with Crippen LogP contribution in [0.4, 0.5) is 8.78 Å². The summed E-state index contributed by atoms with van der Waals surface area (Å²) >= 11 is 0. The predicted octanol–water partition coefficient (Wildman–Crippen LogP) is 1.67. The van der Waals surface area contributed by atoms with Crippen LogP contribution < -0.4 is 10.5 Å². The van der Waals surface area contributed by atoms with Crippen LogP contribution in [0.5, 0.6) is 11.5 Å². The number of ether oxygens (including phenoxy) is 1. The molecule has 0 heterocycles. The summed E-state index contributed by atoms with van der Waals surface area (Å²) in [5.41, 5.74) is 5.21. The molecule has 0 bridgehead atoms. The molecule has 1 aliphatic carbocycles. The molecule has 1 saturated carbocycles. The van der Waals surface area contributed by atoms with Crippen LogP contribution in [0.2, 0.25) is 0 Å². The first kappa shape index (κ1) is 11.1. The molecule has 5 heteroatoms. The smallest absolute Gasteiger partial charge is 0.168 e.